The van der Waals surface area contributed by atoms with Crippen LogP contribution in [0, 0.1) is 0 Å². The lowest BCUT2D eigenvalue weighted by atomic mass is 10.1. The second-order valence-electron chi connectivity index (χ2n) is 4.22. The molecule has 2 aromatic carbocycles. The molecule has 0 aliphatic carbocycles. The molecule has 0 aliphatic rings. The Morgan fingerprint density at radius 3 is 2.48 bits per heavy atom. The highest BCUT2D eigenvalue weighted by Crippen LogP contribution is 2.30. The lowest BCUT2D eigenvalue weighted by Crippen LogP contribution is -2.08. The summed E-state index contributed by atoms with van der Waals surface area (Å²) in [6, 6.07) is 11.4. The van der Waals surface area contributed by atoms with Crippen LogP contribution < -0.4 is 0 Å². The molecule has 0 amide bonds. The van der Waals surface area contributed by atoms with Crippen molar-refractivity contribution in [3.05, 3.63) is 64.7 Å². The van der Waals surface area contributed by atoms with E-state index in [0.717, 1.165) is 17.0 Å². The number of hydrogen-bond donors (Lipinski definition) is 0. The molecule has 0 aromatic heterocycles. The maximum Gasteiger partial charge on any atom is 0.416 e. The van der Waals surface area contributed by atoms with Crippen molar-refractivity contribution in [1.29, 1.82) is 0 Å². The van der Waals surface area contributed by atoms with Gasteiger partial charge in [0.05, 0.1) is 16.3 Å². The number of alkyl halides is 3. The van der Waals surface area contributed by atoms with Gasteiger partial charge in [0, 0.05) is 10.5 Å². The fraction of sp³-hybridized carbons (Fsp3) is 0.133. The predicted octanol–water partition coefficient (Wildman–Crippen LogP) is 5.33. The van der Waals surface area contributed by atoms with Crippen molar-refractivity contribution in [3.8, 4) is 0 Å². The Morgan fingerprint density at radius 2 is 1.81 bits per heavy atom. The van der Waals surface area contributed by atoms with E-state index in [0.29, 0.717) is 5.02 Å². The second-order valence-corrected chi connectivity index (χ2v) is 5.65. The average Bonchev–Trinajstić information content (AvgIpc) is 2.45. The third kappa shape index (κ3) is 4.25. The van der Waals surface area contributed by atoms with Crippen LogP contribution in [-0.2, 0) is 6.18 Å². The van der Waals surface area contributed by atoms with E-state index in [2.05, 4.69) is 0 Å². The van der Waals surface area contributed by atoms with Gasteiger partial charge in [0.1, 0.15) is 0 Å². The number of ketones is 1. The molecule has 0 saturated heterocycles. The molecule has 110 valence electrons. The monoisotopic (exact) mass is 330 g/mol. The van der Waals surface area contributed by atoms with E-state index < -0.39 is 11.7 Å². The van der Waals surface area contributed by atoms with Gasteiger partial charge in [0.15, 0.2) is 5.78 Å². The second kappa shape index (κ2) is 6.54. The molecule has 6 heteroatoms. The van der Waals surface area contributed by atoms with Gasteiger partial charge in [-0.2, -0.15) is 13.2 Å². The molecule has 0 aliphatic heterocycles. The fourth-order valence-corrected chi connectivity index (χ4v) is 2.79. The first kappa shape index (κ1) is 15.9. The molecule has 0 unspecified atom stereocenters. The number of carbonyl (C=O) groups excluding carboxylic acids is 1. The minimum absolute atomic E-state index is 0.0328. The van der Waals surface area contributed by atoms with Gasteiger partial charge in [-0.05, 0) is 24.3 Å². The molecule has 2 rings (SSSR count). The van der Waals surface area contributed by atoms with Gasteiger partial charge in [0.25, 0.3) is 0 Å². The van der Waals surface area contributed by atoms with Crippen LogP contribution in [0.1, 0.15) is 15.9 Å². The van der Waals surface area contributed by atoms with Crippen molar-refractivity contribution in [3.63, 3.8) is 0 Å². The molecule has 0 atom stereocenters. The molecule has 0 heterocycles. The summed E-state index contributed by atoms with van der Waals surface area (Å²) in [5, 5.41) is 0.513. The Bertz CT molecular complexity index is 655. The molecular formula is C15H10ClF3OS. The van der Waals surface area contributed by atoms with Crippen LogP contribution in [0.2, 0.25) is 5.02 Å². The first-order valence-electron chi connectivity index (χ1n) is 5.96. The van der Waals surface area contributed by atoms with Gasteiger partial charge in [-0.25, -0.2) is 0 Å². The Balaban J connectivity index is 2.09. The Morgan fingerprint density at radius 1 is 1.10 bits per heavy atom. The summed E-state index contributed by atoms with van der Waals surface area (Å²) in [4.78, 5) is 12.7. The summed E-state index contributed by atoms with van der Waals surface area (Å²) < 4.78 is 37.8. The third-order valence-electron chi connectivity index (χ3n) is 2.71. The van der Waals surface area contributed by atoms with Crippen LogP contribution in [-0.4, -0.2) is 11.5 Å². The minimum atomic E-state index is -4.45. The van der Waals surface area contributed by atoms with Gasteiger partial charge in [0.2, 0.25) is 0 Å². The summed E-state index contributed by atoms with van der Waals surface area (Å²) >= 11 is 7.16. The Labute approximate surface area is 129 Å². The standard InChI is InChI=1S/C15H10ClF3OS/c16-12-6-1-2-7-14(12)21-9-13(20)10-4-3-5-11(8-10)15(17,18)19/h1-8H,9H2. The molecule has 0 spiro atoms. The molecule has 0 radical (unpaired) electrons. The predicted molar refractivity (Wildman–Crippen MR) is 78.0 cm³/mol. The van der Waals surface area contributed by atoms with Gasteiger partial charge in [-0.15, -0.1) is 11.8 Å². The number of thioether (sulfide) groups is 1. The topological polar surface area (TPSA) is 17.1 Å². The summed E-state index contributed by atoms with van der Waals surface area (Å²) in [6.07, 6.45) is -4.45. The quantitative estimate of drug-likeness (QED) is 0.556. The SMILES string of the molecule is O=C(CSc1ccccc1Cl)c1cccc(C(F)(F)F)c1. The van der Waals surface area contributed by atoms with E-state index >= 15 is 0 Å². The molecular weight excluding hydrogens is 321 g/mol. The van der Waals surface area contributed by atoms with E-state index in [1.165, 1.54) is 23.9 Å². The van der Waals surface area contributed by atoms with Crippen molar-refractivity contribution >= 4 is 29.1 Å². The van der Waals surface area contributed by atoms with E-state index in [9.17, 15) is 18.0 Å². The summed E-state index contributed by atoms with van der Waals surface area (Å²) in [6.45, 7) is 0. The first-order chi connectivity index (χ1) is 9.88. The van der Waals surface area contributed by atoms with Crippen molar-refractivity contribution in [2.45, 2.75) is 11.1 Å². The number of carbonyl (C=O) groups is 1. The van der Waals surface area contributed by atoms with E-state index in [-0.39, 0.29) is 17.1 Å². The van der Waals surface area contributed by atoms with E-state index in [4.69, 9.17) is 11.6 Å². The zero-order chi connectivity index (χ0) is 15.5. The average molecular weight is 331 g/mol. The maximum absolute atomic E-state index is 12.6. The van der Waals surface area contributed by atoms with Gasteiger partial charge in [-0.3, -0.25) is 4.79 Å². The third-order valence-corrected chi connectivity index (χ3v) is 4.22. The highest BCUT2D eigenvalue weighted by atomic mass is 35.5. The lowest BCUT2D eigenvalue weighted by Gasteiger charge is -2.08. The highest BCUT2D eigenvalue weighted by Gasteiger charge is 2.30. The Hall–Kier alpha value is -1.46. The highest BCUT2D eigenvalue weighted by molar-refractivity contribution is 8.00. The molecule has 2 aromatic rings. The fourth-order valence-electron chi connectivity index (χ4n) is 1.66. The van der Waals surface area contributed by atoms with Crippen molar-refractivity contribution in [1.82, 2.24) is 0 Å². The minimum Gasteiger partial charge on any atom is -0.293 e. The summed E-state index contributed by atoms with van der Waals surface area (Å²) in [5.41, 5.74) is -0.777. The van der Waals surface area contributed by atoms with E-state index in [1.807, 2.05) is 0 Å². The number of benzene rings is 2. The van der Waals surface area contributed by atoms with Crippen molar-refractivity contribution in [2.24, 2.45) is 0 Å². The first-order valence-corrected chi connectivity index (χ1v) is 7.32. The van der Waals surface area contributed by atoms with Gasteiger partial charge >= 0.3 is 6.18 Å². The molecule has 0 N–H and O–H groups in total. The van der Waals surface area contributed by atoms with Gasteiger partial charge in [-0.1, -0.05) is 35.9 Å². The zero-order valence-electron chi connectivity index (χ0n) is 10.7. The van der Waals surface area contributed by atoms with E-state index in [1.54, 1.807) is 24.3 Å². The van der Waals surface area contributed by atoms with Crippen LogP contribution in [0.25, 0.3) is 0 Å². The van der Waals surface area contributed by atoms with Crippen LogP contribution in [0.15, 0.2) is 53.4 Å². The number of hydrogen-bond acceptors (Lipinski definition) is 2. The van der Waals surface area contributed by atoms with Crippen molar-refractivity contribution < 1.29 is 18.0 Å². The number of Topliss-reactive ketones (excluding diaryl/α,β-unsaturated/α-hetero) is 1. The molecule has 21 heavy (non-hydrogen) atoms. The molecule has 0 fully saturated rings. The molecule has 0 bridgehead atoms. The number of halogens is 4. The molecule has 0 saturated carbocycles. The van der Waals surface area contributed by atoms with Crippen LogP contribution >= 0.6 is 23.4 Å². The van der Waals surface area contributed by atoms with Gasteiger partial charge < -0.3 is 0 Å². The summed E-state index contributed by atoms with van der Waals surface area (Å²) in [5.74, 6) is -0.337. The Kier molecular flexibility index (Phi) is 4.96. The van der Waals surface area contributed by atoms with Crippen LogP contribution in [0.5, 0.6) is 0 Å². The normalized spacial score (nSPS) is 11.4. The zero-order valence-corrected chi connectivity index (χ0v) is 12.2. The van der Waals surface area contributed by atoms with Crippen molar-refractivity contribution in [2.75, 3.05) is 5.75 Å². The molecule has 1 nitrogen and oxygen atoms in total. The smallest absolute Gasteiger partial charge is 0.293 e. The van der Waals surface area contributed by atoms with Crippen LogP contribution in [0.4, 0.5) is 13.2 Å². The summed E-state index contributed by atoms with van der Waals surface area (Å²) in [7, 11) is 0. The lowest BCUT2D eigenvalue weighted by molar-refractivity contribution is -0.137. The maximum atomic E-state index is 12.6. The number of rotatable bonds is 4. The largest absolute Gasteiger partial charge is 0.416 e. The van der Waals surface area contributed by atoms with Crippen LogP contribution in [0.3, 0.4) is 0 Å².